The van der Waals surface area contributed by atoms with Crippen LogP contribution in [0.3, 0.4) is 0 Å². The molecular formula is C8H11FO4. The summed E-state index contributed by atoms with van der Waals surface area (Å²) < 4.78 is 13.1. The summed E-state index contributed by atoms with van der Waals surface area (Å²) in [6.45, 7) is 0. The maximum absolute atomic E-state index is 13.1. The smallest absolute Gasteiger partial charge is 0.309 e. The van der Waals surface area contributed by atoms with Crippen molar-refractivity contribution < 1.29 is 24.2 Å². The van der Waals surface area contributed by atoms with E-state index >= 15 is 0 Å². The van der Waals surface area contributed by atoms with Crippen molar-refractivity contribution in [3.05, 3.63) is 0 Å². The van der Waals surface area contributed by atoms with Crippen molar-refractivity contribution in [1.82, 2.24) is 0 Å². The monoisotopic (exact) mass is 190 g/mol. The molecule has 0 aromatic heterocycles. The van der Waals surface area contributed by atoms with Crippen LogP contribution in [-0.4, -0.2) is 28.3 Å². The normalized spacial score (nSPS) is 34.1. The van der Waals surface area contributed by atoms with E-state index in [0.717, 1.165) is 0 Å². The van der Waals surface area contributed by atoms with Crippen LogP contribution in [0.25, 0.3) is 0 Å². The lowest BCUT2D eigenvalue weighted by Gasteiger charge is -2.26. The standard InChI is InChI=1S/C8H11FO4/c9-6-3-4(7(10)11)1-2-5(6)8(12)13/h4-6H,1-3H2,(H,10,11)(H,12,13). The molecule has 1 saturated carbocycles. The molecule has 1 aliphatic rings. The van der Waals surface area contributed by atoms with Gasteiger partial charge in [0.15, 0.2) is 0 Å². The third kappa shape index (κ3) is 2.17. The number of rotatable bonds is 2. The molecule has 0 radical (unpaired) electrons. The summed E-state index contributed by atoms with van der Waals surface area (Å²) in [7, 11) is 0. The van der Waals surface area contributed by atoms with Crippen LogP contribution in [0.15, 0.2) is 0 Å². The molecule has 3 unspecified atom stereocenters. The van der Waals surface area contributed by atoms with Gasteiger partial charge in [0.05, 0.1) is 11.8 Å². The van der Waals surface area contributed by atoms with Gasteiger partial charge in [0.2, 0.25) is 0 Å². The highest BCUT2D eigenvalue weighted by Crippen LogP contribution is 2.31. The second kappa shape index (κ2) is 3.72. The summed E-state index contributed by atoms with van der Waals surface area (Å²) in [5, 5.41) is 17.1. The lowest BCUT2D eigenvalue weighted by molar-refractivity contribution is -0.151. The van der Waals surface area contributed by atoms with Crippen molar-refractivity contribution in [3.63, 3.8) is 0 Å². The van der Waals surface area contributed by atoms with Crippen molar-refractivity contribution in [1.29, 1.82) is 0 Å². The number of halogens is 1. The zero-order valence-corrected chi connectivity index (χ0v) is 6.94. The van der Waals surface area contributed by atoms with Gasteiger partial charge in [-0.2, -0.15) is 0 Å². The van der Waals surface area contributed by atoms with Crippen molar-refractivity contribution in [2.45, 2.75) is 25.4 Å². The largest absolute Gasteiger partial charge is 0.481 e. The SMILES string of the molecule is O=C(O)C1CCC(C(=O)O)C(F)C1. The molecule has 0 saturated heterocycles. The lowest BCUT2D eigenvalue weighted by Crippen LogP contribution is -2.34. The zero-order valence-electron chi connectivity index (χ0n) is 6.94. The fourth-order valence-corrected chi connectivity index (χ4v) is 1.62. The molecule has 0 heterocycles. The molecule has 0 aromatic carbocycles. The predicted octanol–water partition coefficient (Wildman–Crippen LogP) is 0.910. The van der Waals surface area contributed by atoms with Gasteiger partial charge in [-0.25, -0.2) is 4.39 Å². The first-order valence-corrected chi connectivity index (χ1v) is 4.12. The fraction of sp³-hybridized carbons (Fsp3) is 0.750. The van der Waals surface area contributed by atoms with Gasteiger partial charge >= 0.3 is 11.9 Å². The predicted molar refractivity (Wildman–Crippen MR) is 41.0 cm³/mol. The van der Waals surface area contributed by atoms with Crippen LogP contribution >= 0.6 is 0 Å². The number of hydrogen-bond donors (Lipinski definition) is 2. The van der Waals surface area contributed by atoms with E-state index in [2.05, 4.69) is 0 Å². The Labute approximate surface area is 74.4 Å². The maximum Gasteiger partial charge on any atom is 0.309 e. The number of aliphatic carboxylic acids is 2. The molecule has 0 amide bonds. The Kier molecular flexibility index (Phi) is 2.85. The minimum Gasteiger partial charge on any atom is -0.481 e. The topological polar surface area (TPSA) is 74.6 Å². The van der Waals surface area contributed by atoms with E-state index in [1.165, 1.54) is 0 Å². The highest BCUT2D eigenvalue weighted by Gasteiger charge is 2.37. The Balaban J connectivity index is 2.56. The fourth-order valence-electron chi connectivity index (χ4n) is 1.62. The summed E-state index contributed by atoms with van der Waals surface area (Å²) in [6, 6.07) is 0. The first kappa shape index (κ1) is 9.95. The molecular weight excluding hydrogens is 179 g/mol. The second-order valence-corrected chi connectivity index (χ2v) is 3.31. The second-order valence-electron chi connectivity index (χ2n) is 3.31. The summed E-state index contributed by atoms with van der Waals surface area (Å²) in [4.78, 5) is 20.9. The Bertz CT molecular complexity index is 228. The van der Waals surface area contributed by atoms with Crippen molar-refractivity contribution >= 4 is 11.9 Å². The molecule has 4 nitrogen and oxygen atoms in total. The Hall–Kier alpha value is -1.13. The Morgan fingerprint density at radius 1 is 1.15 bits per heavy atom. The van der Waals surface area contributed by atoms with E-state index in [9.17, 15) is 14.0 Å². The third-order valence-electron chi connectivity index (χ3n) is 2.44. The summed E-state index contributed by atoms with van der Waals surface area (Å²) >= 11 is 0. The van der Waals surface area contributed by atoms with E-state index in [1.807, 2.05) is 0 Å². The van der Waals surface area contributed by atoms with Gasteiger partial charge in [0, 0.05) is 0 Å². The molecule has 0 aliphatic heterocycles. The summed E-state index contributed by atoms with van der Waals surface area (Å²) in [5.74, 6) is -3.94. The van der Waals surface area contributed by atoms with E-state index in [-0.39, 0.29) is 19.3 Å². The van der Waals surface area contributed by atoms with Crippen LogP contribution in [0.1, 0.15) is 19.3 Å². The molecule has 3 atom stereocenters. The van der Waals surface area contributed by atoms with E-state index in [4.69, 9.17) is 10.2 Å². The van der Waals surface area contributed by atoms with Crippen LogP contribution in [0.2, 0.25) is 0 Å². The first-order chi connectivity index (χ1) is 6.02. The van der Waals surface area contributed by atoms with E-state index in [0.29, 0.717) is 0 Å². The summed E-state index contributed by atoms with van der Waals surface area (Å²) in [6.07, 6.45) is -1.32. The van der Waals surface area contributed by atoms with Gasteiger partial charge in [-0.05, 0) is 19.3 Å². The van der Waals surface area contributed by atoms with Crippen LogP contribution < -0.4 is 0 Å². The van der Waals surface area contributed by atoms with Gasteiger partial charge in [-0.15, -0.1) is 0 Å². The molecule has 13 heavy (non-hydrogen) atoms. The minimum atomic E-state index is -1.52. The number of carboxylic acids is 2. The van der Waals surface area contributed by atoms with Crippen LogP contribution in [0.4, 0.5) is 4.39 Å². The molecule has 5 heteroatoms. The van der Waals surface area contributed by atoms with Crippen molar-refractivity contribution in [2.75, 3.05) is 0 Å². The first-order valence-electron chi connectivity index (χ1n) is 4.12. The number of alkyl halides is 1. The van der Waals surface area contributed by atoms with Crippen LogP contribution in [0.5, 0.6) is 0 Å². The molecule has 0 aromatic rings. The van der Waals surface area contributed by atoms with Crippen LogP contribution in [-0.2, 0) is 9.59 Å². The van der Waals surface area contributed by atoms with Gasteiger partial charge in [-0.3, -0.25) is 9.59 Å². The van der Waals surface area contributed by atoms with E-state index < -0.39 is 29.9 Å². The molecule has 0 bridgehead atoms. The van der Waals surface area contributed by atoms with Gasteiger partial charge in [-0.1, -0.05) is 0 Å². The maximum atomic E-state index is 13.1. The van der Waals surface area contributed by atoms with Gasteiger partial charge in [0.25, 0.3) is 0 Å². The highest BCUT2D eigenvalue weighted by molar-refractivity contribution is 5.73. The molecule has 1 fully saturated rings. The molecule has 1 rings (SSSR count). The van der Waals surface area contributed by atoms with Gasteiger partial charge in [0.1, 0.15) is 6.17 Å². The minimum absolute atomic E-state index is 0.119. The highest BCUT2D eigenvalue weighted by atomic mass is 19.1. The van der Waals surface area contributed by atoms with E-state index in [1.54, 1.807) is 0 Å². The average Bonchev–Trinajstić information content (AvgIpc) is 2.03. The Morgan fingerprint density at radius 3 is 2.15 bits per heavy atom. The number of hydrogen-bond acceptors (Lipinski definition) is 2. The number of carbonyl (C=O) groups is 2. The quantitative estimate of drug-likeness (QED) is 0.678. The average molecular weight is 190 g/mol. The van der Waals surface area contributed by atoms with Crippen molar-refractivity contribution in [2.24, 2.45) is 11.8 Å². The Morgan fingerprint density at radius 2 is 1.77 bits per heavy atom. The molecule has 2 N–H and O–H groups in total. The molecule has 74 valence electrons. The molecule has 1 aliphatic carbocycles. The molecule has 0 spiro atoms. The van der Waals surface area contributed by atoms with Crippen LogP contribution in [0, 0.1) is 11.8 Å². The third-order valence-corrected chi connectivity index (χ3v) is 2.44. The van der Waals surface area contributed by atoms with Crippen molar-refractivity contribution in [3.8, 4) is 0 Å². The van der Waals surface area contributed by atoms with Gasteiger partial charge < -0.3 is 10.2 Å². The summed E-state index contributed by atoms with van der Waals surface area (Å²) in [5.41, 5.74) is 0. The lowest BCUT2D eigenvalue weighted by atomic mass is 9.81. The zero-order chi connectivity index (χ0) is 10.0. The number of carboxylic acid groups (broad SMARTS) is 2.